The molecule has 0 saturated carbocycles. The number of rotatable bonds is 2. The van der Waals surface area contributed by atoms with Crippen LogP contribution >= 0.6 is 0 Å². The minimum atomic E-state index is 0.460. The molecule has 0 bridgehead atoms. The van der Waals surface area contributed by atoms with Crippen LogP contribution in [0.25, 0.3) is 0 Å². The second kappa shape index (κ2) is 5.29. The number of likely N-dealkylation sites (N-methyl/N-ethyl adjacent to an activating group) is 1. The molecule has 1 heterocycles. The molecule has 1 saturated heterocycles. The van der Waals surface area contributed by atoms with E-state index in [1.807, 2.05) is 0 Å². The number of hydrogen-bond donors (Lipinski definition) is 1. The van der Waals surface area contributed by atoms with Gasteiger partial charge in [0.15, 0.2) is 0 Å². The van der Waals surface area contributed by atoms with E-state index in [-0.39, 0.29) is 0 Å². The Labute approximate surface area is 111 Å². The third-order valence-electron chi connectivity index (χ3n) is 4.05. The molecule has 1 aliphatic heterocycles. The zero-order chi connectivity index (χ0) is 13.3. The van der Waals surface area contributed by atoms with Crippen molar-refractivity contribution in [1.29, 1.82) is 0 Å². The van der Waals surface area contributed by atoms with Crippen molar-refractivity contribution >= 4 is 5.69 Å². The molecule has 0 radical (unpaired) electrons. The molecule has 3 heteroatoms. The Morgan fingerprint density at radius 1 is 1.28 bits per heavy atom. The van der Waals surface area contributed by atoms with E-state index in [1.54, 1.807) is 0 Å². The van der Waals surface area contributed by atoms with E-state index < -0.39 is 0 Å². The second-order valence-corrected chi connectivity index (χ2v) is 5.62. The molecule has 1 aromatic carbocycles. The van der Waals surface area contributed by atoms with Gasteiger partial charge in [0.05, 0.1) is 0 Å². The molecule has 2 rings (SSSR count). The van der Waals surface area contributed by atoms with Gasteiger partial charge in [0.2, 0.25) is 0 Å². The van der Waals surface area contributed by atoms with Crippen LogP contribution in [0.3, 0.4) is 0 Å². The van der Waals surface area contributed by atoms with E-state index in [4.69, 9.17) is 5.73 Å². The maximum atomic E-state index is 5.87. The fourth-order valence-corrected chi connectivity index (χ4v) is 2.93. The Morgan fingerprint density at radius 2 is 2.00 bits per heavy atom. The number of benzene rings is 1. The van der Waals surface area contributed by atoms with Crippen molar-refractivity contribution in [2.45, 2.75) is 32.9 Å². The first-order chi connectivity index (χ1) is 8.52. The third kappa shape index (κ3) is 2.52. The van der Waals surface area contributed by atoms with Gasteiger partial charge in [-0.15, -0.1) is 0 Å². The summed E-state index contributed by atoms with van der Waals surface area (Å²) in [5.74, 6) is 0. The molecular weight excluding hydrogens is 222 g/mol. The van der Waals surface area contributed by atoms with Crippen molar-refractivity contribution in [3.8, 4) is 0 Å². The van der Waals surface area contributed by atoms with Gasteiger partial charge in [-0.1, -0.05) is 17.7 Å². The zero-order valence-corrected chi connectivity index (χ0v) is 12.0. The maximum Gasteiger partial charge on any atom is 0.0399 e. The molecular formula is C15H25N3. The van der Waals surface area contributed by atoms with Crippen molar-refractivity contribution in [3.05, 3.63) is 29.3 Å². The van der Waals surface area contributed by atoms with Gasteiger partial charge in [0.1, 0.15) is 0 Å². The van der Waals surface area contributed by atoms with Crippen molar-refractivity contribution in [1.82, 2.24) is 4.90 Å². The summed E-state index contributed by atoms with van der Waals surface area (Å²) in [7, 11) is 2.17. The Hall–Kier alpha value is -1.06. The predicted octanol–water partition coefficient (Wildman–Crippen LogP) is 1.77. The standard InChI is InChI=1S/C15H25N3/c1-11-5-6-15(12(2)7-11)18-10-14(8-16)17(4)9-13(18)3/h5-7,13-14H,8-10,16H2,1-4H3. The highest BCUT2D eigenvalue weighted by Gasteiger charge is 2.29. The quantitative estimate of drug-likeness (QED) is 0.864. The Bertz CT molecular complexity index is 416. The number of anilines is 1. The van der Waals surface area contributed by atoms with Crippen LogP contribution in [0.5, 0.6) is 0 Å². The number of nitrogens with two attached hydrogens (primary N) is 1. The van der Waals surface area contributed by atoms with E-state index in [2.05, 4.69) is 55.8 Å². The highest BCUT2D eigenvalue weighted by Crippen LogP contribution is 2.26. The number of aryl methyl sites for hydroxylation is 2. The molecule has 2 unspecified atom stereocenters. The molecule has 0 spiro atoms. The molecule has 0 amide bonds. The summed E-state index contributed by atoms with van der Waals surface area (Å²) < 4.78 is 0. The Kier molecular flexibility index (Phi) is 3.93. The topological polar surface area (TPSA) is 32.5 Å². The van der Waals surface area contributed by atoms with Crippen molar-refractivity contribution in [3.63, 3.8) is 0 Å². The van der Waals surface area contributed by atoms with E-state index in [1.165, 1.54) is 16.8 Å². The minimum absolute atomic E-state index is 0.460. The van der Waals surface area contributed by atoms with E-state index >= 15 is 0 Å². The van der Waals surface area contributed by atoms with Crippen LogP contribution in [0, 0.1) is 13.8 Å². The fraction of sp³-hybridized carbons (Fsp3) is 0.600. The largest absolute Gasteiger partial charge is 0.366 e. The zero-order valence-electron chi connectivity index (χ0n) is 12.0. The summed E-state index contributed by atoms with van der Waals surface area (Å²) in [6.07, 6.45) is 0. The maximum absolute atomic E-state index is 5.87. The molecule has 2 N–H and O–H groups in total. The van der Waals surface area contributed by atoms with Gasteiger partial charge >= 0.3 is 0 Å². The summed E-state index contributed by atoms with van der Waals surface area (Å²) in [5, 5.41) is 0. The summed E-state index contributed by atoms with van der Waals surface area (Å²) in [6.45, 7) is 9.47. The average molecular weight is 247 g/mol. The molecule has 0 aromatic heterocycles. The van der Waals surface area contributed by atoms with Crippen LogP contribution in [0.1, 0.15) is 18.1 Å². The van der Waals surface area contributed by atoms with Crippen LogP contribution in [0.4, 0.5) is 5.69 Å². The summed E-state index contributed by atoms with van der Waals surface area (Å²) >= 11 is 0. The number of nitrogens with zero attached hydrogens (tertiary/aromatic N) is 2. The fourth-order valence-electron chi connectivity index (χ4n) is 2.93. The van der Waals surface area contributed by atoms with Gasteiger partial charge in [-0.3, -0.25) is 4.90 Å². The Balaban J connectivity index is 2.26. The van der Waals surface area contributed by atoms with E-state index in [0.717, 1.165) is 19.6 Å². The summed E-state index contributed by atoms with van der Waals surface area (Å²) in [4.78, 5) is 4.89. The molecule has 1 aromatic rings. The lowest BCUT2D eigenvalue weighted by Gasteiger charge is -2.45. The second-order valence-electron chi connectivity index (χ2n) is 5.62. The summed E-state index contributed by atoms with van der Waals surface area (Å²) in [6, 6.07) is 7.71. The van der Waals surface area contributed by atoms with E-state index in [9.17, 15) is 0 Å². The van der Waals surface area contributed by atoms with Gasteiger partial charge in [0.25, 0.3) is 0 Å². The normalized spacial score (nSPS) is 25.5. The summed E-state index contributed by atoms with van der Waals surface area (Å²) in [5.41, 5.74) is 9.92. The Morgan fingerprint density at radius 3 is 2.61 bits per heavy atom. The molecule has 1 fully saturated rings. The molecule has 1 aliphatic rings. The van der Waals surface area contributed by atoms with E-state index in [0.29, 0.717) is 12.1 Å². The van der Waals surface area contributed by atoms with Gasteiger partial charge in [-0.2, -0.15) is 0 Å². The number of piperazine rings is 1. The SMILES string of the molecule is Cc1ccc(N2CC(CN)N(C)CC2C)c(C)c1. The van der Waals surface area contributed by atoms with Crippen molar-refractivity contribution in [2.24, 2.45) is 5.73 Å². The van der Waals surface area contributed by atoms with Gasteiger partial charge in [0, 0.05) is 37.4 Å². The molecule has 18 heavy (non-hydrogen) atoms. The van der Waals surface area contributed by atoms with Gasteiger partial charge < -0.3 is 10.6 Å². The lowest BCUT2D eigenvalue weighted by atomic mass is 10.0. The van der Waals surface area contributed by atoms with Crippen LogP contribution in [-0.2, 0) is 0 Å². The molecule has 2 atom stereocenters. The lowest BCUT2D eigenvalue weighted by molar-refractivity contribution is 0.197. The predicted molar refractivity (Wildman–Crippen MR) is 78.2 cm³/mol. The average Bonchev–Trinajstić information content (AvgIpc) is 2.30. The van der Waals surface area contributed by atoms with Crippen LogP contribution in [0.15, 0.2) is 18.2 Å². The highest BCUT2D eigenvalue weighted by atomic mass is 15.3. The molecule has 0 aliphatic carbocycles. The molecule has 3 nitrogen and oxygen atoms in total. The highest BCUT2D eigenvalue weighted by molar-refractivity contribution is 5.55. The lowest BCUT2D eigenvalue weighted by Crippen LogP contribution is -2.58. The van der Waals surface area contributed by atoms with Crippen LogP contribution in [-0.4, -0.2) is 43.7 Å². The van der Waals surface area contributed by atoms with Gasteiger partial charge in [-0.25, -0.2) is 0 Å². The third-order valence-corrected chi connectivity index (χ3v) is 4.05. The van der Waals surface area contributed by atoms with Gasteiger partial charge in [-0.05, 0) is 39.4 Å². The first-order valence-electron chi connectivity index (χ1n) is 6.77. The van der Waals surface area contributed by atoms with Crippen LogP contribution in [0.2, 0.25) is 0 Å². The minimum Gasteiger partial charge on any atom is -0.366 e. The van der Waals surface area contributed by atoms with Crippen molar-refractivity contribution in [2.75, 3.05) is 31.6 Å². The van der Waals surface area contributed by atoms with Crippen LogP contribution < -0.4 is 10.6 Å². The first kappa shape index (κ1) is 13.4. The molecule has 100 valence electrons. The van der Waals surface area contributed by atoms with Crippen molar-refractivity contribution < 1.29 is 0 Å². The number of hydrogen-bond acceptors (Lipinski definition) is 3. The monoisotopic (exact) mass is 247 g/mol. The smallest absolute Gasteiger partial charge is 0.0399 e. The first-order valence-corrected chi connectivity index (χ1v) is 6.77.